The van der Waals surface area contributed by atoms with E-state index in [0.717, 1.165) is 40.2 Å². The molecule has 164 valence electrons. The lowest BCUT2D eigenvalue weighted by Gasteiger charge is -2.18. The summed E-state index contributed by atoms with van der Waals surface area (Å²) in [6, 6.07) is 11.5. The van der Waals surface area contributed by atoms with E-state index < -0.39 is 23.7 Å². The highest BCUT2D eigenvalue weighted by atomic mass is 35.5. The molecule has 0 bridgehead atoms. The number of benzene rings is 2. The summed E-state index contributed by atoms with van der Waals surface area (Å²) >= 11 is 6.87. The van der Waals surface area contributed by atoms with Crippen LogP contribution in [0.2, 0.25) is 5.02 Å². The lowest BCUT2D eigenvalue weighted by atomic mass is 10.1. The van der Waals surface area contributed by atoms with Crippen molar-refractivity contribution in [3.8, 4) is 0 Å². The molecule has 2 aliphatic rings. The molecule has 1 heterocycles. The smallest absolute Gasteiger partial charge is 0.325 e. The lowest BCUT2D eigenvalue weighted by molar-refractivity contribution is -0.143. The number of ether oxygens (including phenoxy) is 1. The summed E-state index contributed by atoms with van der Waals surface area (Å²) in [6.45, 7) is -0.415. The Morgan fingerprint density at radius 1 is 1.31 bits per heavy atom. The number of esters is 1. The van der Waals surface area contributed by atoms with Crippen molar-refractivity contribution < 1.29 is 19.1 Å². The maximum Gasteiger partial charge on any atom is 0.325 e. The van der Waals surface area contributed by atoms with Crippen molar-refractivity contribution in [3.05, 3.63) is 68.6 Å². The van der Waals surface area contributed by atoms with Gasteiger partial charge in [0.05, 0.1) is 18.1 Å². The third kappa shape index (κ3) is 4.42. The van der Waals surface area contributed by atoms with Crippen molar-refractivity contribution in [2.45, 2.75) is 18.9 Å². The van der Waals surface area contributed by atoms with Gasteiger partial charge in [0, 0.05) is 22.5 Å². The van der Waals surface area contributed by atoms with Gasteiger partial charge in [-0.05, 0) is 71.6 Å². The van der Waals surface area contributed by atoms with Crippen LogP contribution in [0.4, 0.5) is 10.5 Å². The minimum Gasteiger partial charge on any atom is -0.468 e. The molecule has 4 rings (SSSR count). The van der Waals surface area contributed by atoms with E-state index in [1.165, 1.54) is 24.5 Å². The number of carbonyl (C=O) groups is 3. The van der Waals surface area contributed by atoms with Gasteiger partial charge >= 0.3 is 5.97 Å². The molecule has 0 radical (unpaired) electrons. The number of nitrogens with zero attached hydrogens (tertiary/aromatic N) is 1. The number of amides is 2. The van der Waals surface area contributed by atoms with Crippen molar-refractivity contribution in [2.24, 2.45) is 0 Å². The van der Waals surface area contributed by atoms with Crippen LogP contribution >= 0.6 is 23.4 Å². The van der Waals surface area contributed by atoms with Gasteiger partial charge < -0.3 is 15.5 Å². The van der Waals surface area contributed by atoms with E-state index in [-0.39, 0.29) is 10.9 Å². The van der Waals surface area contributed by atoms with Gasteiger partial charge in [-0.25, -0.2) is 0 Å². The SMILES string of the molecule is COC(=O)CN1C(=O)S/C(=C\c2ccc(N[C@@H]3CCc4cc(Cl)ccc43)c(C=N)c2)C1=O. The van der Waals surface area contributed by atoms with Crippen LogP contribution in [0.15, 0.2) is 41.3 Å². The molecule has 2 aromatic carbocycles. The average Bonchev–Trinajstić information content (AvgIpc) is 3.29. The molecule has 0 spiro atoms. The maximum atomic E-state index is 12.5. The molecule has 0 saturated carbocycles. The van der Waals surface area contributed by atoms with Crippen LogP contribution in [0.1, 0.15) is 34.7 Å². The Labute approximate surface area is 194 Å². The summed E-state index contributed by atoms with van der Waals surface area (Å²) in [6.07, 6.45) is 4.71. The second-order valence-electron chi connectivity index (χ2n) is 7.41. The van der Waals surface area contributed by atoms with Gasteiger partial charge in [-0.15, -0.1) is 0 Å². The highest BCUT2D eigenvalue weighted by Crippen LogP contribution is 2.36. The molecule has 2 aromatic rings. The first-order chi connectivity index (χ1) is 15.4. The molecule has 2 amide bonds. The Bertz CT molecular complexity index is 1160. The molecule has 0 unspecified atom stereocenters. The number of fused-ring (bicyclic) bond motifs is 1. The first-order valence-corrected chi connectivity index (χ1v) is 11.1. The molecule has 1 aliphatic heterocycles. The molecular formula is C23H20ClN3O4S. The zero-order valence-corrected chi connectivity index (χ0v) is 18.8. The van der Waals surface area contributed by atoms with Crippen LogP contribution in [0, 0.1) is 5.41 Å². The number of hydrogen-bond donors (Lipinski definition) is 2. The van der Waals surface area contributed by atoms with E-state index in [4.69, 9.17) is 17.0 Å². The molecule has 32 heavy (non-hydrogen) atoms. The standard InChI is InChI=1S/C23H20ClN3O4S/c1-31-21(28)12-27-22(29)20(32-23(27)30)9-13-2-6-18(15(8-13)11-25)26-19-7-3-14-10-16(24)4-5-17(14)19/h2,4-6,8-11,19,25-26H,3,7,12H2,1H3/b20-9-,25-11?/t19-/m1/s1. The molecule has 9 heteroatoms. The average molecular weight is 470 g/mol. The molecule has 1 atom stereocenters. The monoisotopic (exact) mass is 469 g/mol. The Hall–Kier alpha value is -3.10. The van der Waals surface area contributed by atoms with Crippen LogP contribution in [0.25, 0.3) is 6.08 Å². The second-order valence-corrected chi connectivity index (χ2v) is 8.84. The molecule has 1 saturated heterocycles. The fraction of sp³-hybridized carbons (Fsp3) is 0.217. The van der Waals surface area contributed by atoms with Gasteiger partial charge in [-0.2, -0.15) is 0 Å². The summed E-state index contributed by atoms with van der Waals surface area (Å²) in [5, 5.41) is 11.5. The van der Waals surface area contributed by atoms with Crippen molar-refractivity contribution in [1.29, 1.82) is 5.41 Å². The minimum atomic E-state index is -0.661. The summed E-state index contributed by atoms with van der Waals surface area (Å²) in [5.74, 6) is -1.20. The van der Waals surface area contributed by atoms with Gasteiger partial charge in [-0.3, -0.25) is 19.3 Å². The number of carbonyl (C=O) groups excluding carboxylic acids is 3. The summed E-state index contributed by atoms with van der Waals surface area (Å²) in [4.78, 5) is 37.1. The number of thioether (sulfide) groups is 1. The Morgan fingerprint density at radius 2 is 2.12 bits per heavy atom. The highest BCUT2D eigenvalue weighted by Gasteiger charge is 2.36. The highest BCUT2D eigenvalue weighted by molar-refractivity contribution is 8.18. The van der Waals surface area contributed by atoms with Crippen molar-refractivity contribution >= 4 is 58.5 Å². The summed E-state index contributed by atoms with van der Waals surface area (Å²) < 4.78 is 4.54. The fourth-order valence-corrected chi connectivity index (χ4v) is 4.86. The van der Waals surface area contributed by atoms with Crippen molar-refractivity contribution in [3.63, 3.8) is 0 Å². The summed E-state index contributed by atoms with van der Waals surface area (Å²) in [7, 11) is 1.20. The lowest BCUT2D eigenvalue weighted by Crippen LogP contribution is -2.34. The minimum absolute atomic E-state index is 0.127. The zero-order valence-electron chi connectivity index (χ0n) is 17.2. The van der Waals surface area contributed by atoms with E-state index in [9.17, 15) is 14.4 Å². The quantitative estimate of drug-likeness (QED) is 0.363. The first-order valence-electron chi connectivity index (χ1n) is 9.91. The molecule has 1 aliphatic carbocycles. The first kappa shape index (κ1) is 22.1. The van der Waals surface area contributed by atoms with Crippen LogP contribution in [-0.2, 0) is 20.7 Å². The Kier molecular flexibility index (Phi) is 6.34. The van der Waals surface area contributed by atoms with Crippen LogP contribution < -0.4 is 5.32 Å². The van der Waals surface area contributed by atoms with E-state index in [2.05, 4.69) is 10.1 Å². The predicted octanol–water partition coefficient (Wildman–Crippen LogP) is 4.65. The summed E-state index contributed by atoms with van der Waals surface area (Å²) in [5.41, 5.74) is 4.58. The predicted molar refractivity (Wildman–Crippen MR) is 125 cm³/mol. The molecule has 7 nitrogen and oxygen atoms in total. The number of aryl methyl sites for hydroxylation is 1. The van der Waals surface area contributed by atoms with Crippen LogP contribution in [0.5, 0.6) is 0 Å². The fourth-order valence-electron chi connectivity index (χ4n) is 3.83. The number of hydrogen-bond acceptors (Lipinski definition) is 7. The molecule has 2 N–H and O–H groups in total. The topological polar surface area (TPSA) is 99.6 Å². The number of anilines is 1. The van der Waals surface area contributed by atoms with Gasteiger partial charge in [0.25, 0.3) is 11.1 Å². The van der Waals surface area contributed by atoms with E-state index in [1.807, 2.05) is 30.3 Å². The van der Waals surface area contributed by atoms with Crippen LogP contribution in [0.3, 0.4) is 0 Å². The molecule has 0 aromatic heterocycles. The zero-order chi connectivity index (χ0) is 22.8. The number of halogens is 1. The largest absolute Gasteiger partial charge is 0.468 e. The number of nitrogens with one attached hydrogen (secondary N) is 2. The number of imide groups is 1. The maximum absolute atomic E-state index is 12.5. The Balaban J connectivity index is 1.54. The van der Waals surface area contributed by atoms with Crippen molar-refractivity contribution in [2.75, 3.05) is 19.0 Å². The molecular weight excluding hydrogens is 450 g/mol. The van der Waals surface area contributed by atoms with Gasteiger partial charge in [0.2, 0.25) is 0 Å². The van der Waals surface area contributed by atoms with E-state index in [0.29, 0.717) is 11.1 Å². The van der Waals surface area contributed by atoms with Gasteiger partial charge in [0.1, 0.15) is 6.54 Å². The van der Waals surface area contributed by atoms with Gasteiger partial charge in [0.15, 0.2) is 0 Å². The second kappa shape index (κ2) is 9.18. The third-order valence-corrected chi connectivity index (χ3v) is 6.57. The normalized spacial score (nSPS) is 18.8. The number of methoxy groups -OCH3 is 1. The van der Waals surface area contributed by atoms with E-state index in [1.54, 1.807) is 12.1 Å². The number of rotatable bonds is 6. The van der Waals surface area contributed by atoms with Crippen LogP contribution in [-0.4, -0.2) is 41.9 Å². The van der Waals surface area contributed by atoms with Crippen molar-refractivity contribution in [1.82, 2.24) is 4.90 Å². The van der Waals surface area contributed by atoms with E-state index >= 15 is 0 Å². The third-order valence-electron chi connectivity index (χ3n) is 5.43. The van der Waals surface area contributed by atoms with Gasteiger partial charge in [-0.1, -0.05) is 23.7 Å². The molecule has 1 fully saturated rings. The Morgan fingerprint density at radius 3 is 2.88 bits per heavy atom.